The first-order valence-electron chi connectivity index (χ1n) is 3.44. The summed E-state index contributed by atoms with van der Waals surface area (Å²) in [4.78, 5) is 0. The Morgan fingerprint density at radius 3 is 2.70 bits per heavy atom. The molecule has 0 aromatic heterocycles. The van der Waals surface area contributed by atoms with Crippen LogP contribution in [0.25, 0.3) is 0 Å². The molecule has 0 heterocycles. The fourth-order valence-corrected chi connectivity index (χ4v) is 1.16. The van der Waals surface area contributed by atoms with Crippen molar-refractivity contribution in [1.82, 2.24) is 0 Å². The quantitative estimate of drug-likeness (QED) is 0.443. The Labute approximate surface area is 62.6 Å². The molecule has 10 heavy (non-hydrogen) atoms. The zero-order chi connectivity index (χ0) is 7.56. The highest BCUT2D eigenvalue weighted by Crippen LogP contribution is 2.26. The molecule has 1 radical (unpaired) electrons. The van der Waals surface area contributed by atoms with Crippen LogP contribution in [0.15, 0.2) is 23.8 Å². The molecule has 0 saturated carbocycles. The number of terminal acetylenes is 1. The molecule has 1 aliphatic carbocycles. The Morgan fingerprint density at radius 2 is 2.30 bits per heavy atom. The van der Waals surface area contributed by atoms with Crippen molar-refractivity contribution in [3.63, 3.8) is 0 Å². The van der Waals surface area contributed by atoms with E-state index < -0.39 is 0 Å². The van der Waals surface area contributed by atoms with Crippen molar-refractivity contribution in [3.8, 4) is 12.3 Å². The molecule has 0 fully saturated rings. The van der Waals surface area contributed by atoms with E-state index >= 15 is 0 Å². The van der Waals surface area contributed by atoms with Gasteiger partial charge in [0.2, 0.25) is 0 Å². The Balaban J connectivity index is 2.84. The average molecular weight is 131 g/mol. The second-order valence-electron chi connectivity index (χ2n) is 2.58. The van der Waals surface area contributed by atoms with E-state index in [0.717, 1.165) is 5.92 Å². The smallest absolute Gasteiger partial charge is 0.0788 e. The van der Waals surface area contributed by atoms with E-state index in [1.165, 1.54) is 5.57 Å². The van der Waals surface area contributed by atoms with Crippen LogP contribution in [0.3, 0.4) is 0 Å². The highest BCUT2D eigenvalue weighted by atomic mass is 14.2. The van der Waals surface area contributed by atoms with Crippen LogP contribution in [0.4, 0.5) is 0 Å². The predicted molar refractivity (Wildman–Crippen MR) is 44.1 cm³/mol. The number of hydrogen-bond acceptors (Lipinski definition) is 0. The van der Waals surface area contributed by atoms with E-state index in [2.05, 4.69) is 38.0 Å². The molecule has 0 aliphatic heterocycles. The largest absolute Gasteiger partial charge is 0.119 e. The maximum absolute atomic E-state index is 5.32. The summed E-state index contributed by atoms with van der Waals surface area (Å²) < 4.78 is 0. The molecule has 0 N–H and O–H groups in total. The Hall–Kier alpha value is -0.960. The molecule has 0 aromatic rings. The van der Waals surface area contributed by atoms with E-state index in [9.17, 15) is 0 Å². The van der Waals surface area contributed by atoms with Gasteiger partial charge in [0, 0.05) is 0 Å². The van der Waals surface area contributed by atoms with Gasteiger partial charge < -0.3 is 0 Å². The zero-order valence-electron chi connectivity index (χ0n) is 6.39. The molecule has 0 bridgehead atoms. The van der Waals surface area contributed by atoms with Crippen molar-refractivity contribution in [3.05, 3.63) is 29.7 Å². The van der Waals surface area contributed by atoms with Crippen molar-refractivity contribution >= 4 is 0 Å². The first-order chi connectivity index (χ1) is 4.75. The molecule has 1 atom stereocenters. The van der Waals surface area contributed by atoms with Crippen LogP contribution in [0, 0.1) is 24.2 Å². The summed E-state index contributed by atoms with van der Waals surface area (Å²) in [5, 5.41) is 0. The third-order valence-electron chi connectivity index (χ3n) is 1.78. The van der Waals surface area contributed by atoms with Gasteiger partial charge >= 0.3 is 0 Å². The third kappa shape index (κ3) is 1.14. The van der Waals surface area contributed by atoms with Crippen LogP contribution < -0.4 is 0 Å². The van der Waals surface area contributed by atoms with Crippen molar-refractivity contribution in [2.75, 3.05) is 0 Å². The van der Waals surface area contributed by atoms with Crippen LogP contribution in [-0.2, 0) is 0 Å². The van der Waals surface area contributed by atoms with Gasteiger partial charge in [-0.15, -0.1) is 6.42 Å². The van der Waals surface area contributed by atoms with Gasteiger partial charge in [-0.05, 0) is 12.8 Å². The summed E-state index contributed by atoms with van der Waals surface area (Å²) >= 11 is 0. The van der Waals surface area contributed by atoms with Gasteiger partial charge in [-0.3, -0.25) is 0 Å². The van der Waals surface area contributed by atoms with Crippen molar-refractivity contribution in [2.45, 2.75) is 13.8 Å². The fourth-order valence-electron chi connectivity index (χ4n) is 1.16. The van der Waals surface area contributed by atoms with Crippen LogP contribution in [0.1, 0.15) is 13.8 Å². The monoisotopic (exact) mass is 131 g/mol. The number of rotatable bonds is 0. The van der Waals surface area contributed by atoms with Crippen molar-refractivity contribution in [1.29, 1.82) is 0 Å². The Morgan fingerprint density at radius 1 is 1.60 bits per heavy atom. The second kappa shape index (κ2) is 2.75. The predicted octanol–water partition coefficient (Wildman–Crippen LogP) is 2.35. The molecule has 1 rings (SSSR count). The Kier molecular flexibility index (Phi) is 1.97. The summed E-state index contributed by atoms with van der Waals surface area (Å²) in [6.07, 6.45) is 11.5. The van der Waals surface area contributed by atoms with Gasteiger partial charge in [-0.2, -0.15) is 0 Å². The summed E-state index contributed by atoms with van der Waals surface area (Å²) in [6, 6.07) is 0. The SMILES string of the molecule is C#C[C]1C(C)=CC=CC1C. The molecule has 0 amide bonds. The maximum atomic E-state index is 5.32. The molecule has 0 saturated heterocycles. The van der Waals surface area contributed by atoms with Crippen LogP contribution >= 0.6 is 0 Å². The van der Waals surface area contributed by atoms with Gasteiger partial charge in [0.25, 0.3) is 0 Å². The number of allylic oxidation sites excluding steroid dienone is 4. The highest BCUT2D eigenvalue weighted by Gasteiger charge is 2.16. The first-order valence-corrected chi connectivity index (χ1v) is 3.44. The standard InChI is InChI=1S/C10H11/c1-4-10-8(2)6-5-7-9(10)3/h1,5-8H,2-3H3. The molecule has 0 aromatic carbocycles. The number of hydrogen-bond donors (Lipinski definition) is 0. The molecule has 0 heteroatoms. The minimum atomic E-state index is 0.426. The van der Waals surface area contributed by atoms with Crippen LogP contribution in [0.2, 0.25) is 0 Å². The van der Waals surface area contributed by atoms with Gasteiger partial charge in [0.15, 0.2) is 0 Å². The second-order valence-corrected chi connectivity index (χ2v) is 2.58. The van der Waals surface area contributed by atoms with Gasteiger partial charge in [0.1, 0.15) is 0 Å². The molecule has 1 aliphatic rings. The summed E-state index contributed by atoms with van der Waals surface area (Å²) in [6.45, 7) is 4.16. The van der Waals surface area contributed by atoms with Gasteiger partial charge in [-0.1, -0.05) is 36.6 Å². The molecular formula is C10H11. The highest BCUT2D eigenvalue weighted by molar-refractivity contribution is 5.44. The van der Waals surface area contributed by atoms with E-state index in [1.807, 2.05) is 0 Å². The maximum Gasteiger partial charge on any atom is 0.0788 e. The third-order valence-corrected chi connectivity index (χ3v) is 1.78. The summed E-state index contributed by atoms with van der Waals surface area (Å²) in [7, 11) is 0. The lowest BCUT2D eigenvalue weighted by atomic mass is 9.85. The average Bonchev–Trinajstić information content (AvgIpc) is 1.88. The minimum absolute atomic E-state index is 0.426. The lowest BCUT2D eigenvalue weighted by Crippen LogP contribution is -2.08. The molecule has 0 spiro atoms. The van der Waals surface area contributed by atoms with E-state index in [4.69, 9.17) is 6.42 Å². The fraction of sp³-hybridized carbons (Fsp3) is 0.300. The normalized spacial score (nSPS) is 25.7. The van der Waals surface area contributed by atoms with Crippen LogP contribution in [-0.4, -0.2) is 0 Å². The van der Waals surface area contributed by atoms with E-state index in [-0.39, 0.29) is 0 Å². The molecule has 1 unspecified atom stereocenters. The molecule has 0 nitrogen and oxygen atoms in total. The van der Waals surface area contributed by atoms with Crippen molar-refractivity contribution < 1.29 is 0 Å². The van der Waals surface area contributed by atoms with Gasteiger partial charge in [0.05, 0.1) is 5.92 Å². The van der Waals surface area contributed by atoms with Crippen molar-refractivity contribution in [2.24, 2.45) is 5.92 Å². The molecule has 51 valence electrons. The first kappa shape index (κ1) is 7.15. The van der Waals surface area contributed by atoms with E-state index in [0.29, 0.717) is 5.92 Å². The summed E-state index contributed by atoms with van der Waals surface area (Å²) in [5.41, 5.74) is 1.22. The lowest BCUT2D eigenvalue weighted by molar-refractivity contribution is 0.798. The molecular weight excluding hydrogens is 120 g/mol. The topological polar surface area (TPSA) is 0 Å². The van der Waals surface area contributed by atoms with E-state index in [1.54, 1.807) is 0 Å². The lowest BCUT2D eigenvalue weighted by Gasteiger charge is -2.18. The Bertz CT molecular complexity index is 213. The zero-order valence-corrected chi connectivity index (χ0v) is 6.39. The van der Waals surface area contributed by atoms with Crippen LogP contribution in [0.5, 0.6) is 0 Å². The summed E-state index contributed by atoms with van der Waals surface area (Å²) in [5.74, 6) is 4.24. The minimum Gasteiger partial charge on any atom is -0.119 e. The van der Waals surface area contributed by atoms with Gasteiger partial charge in [-0.25, -0.2) is 0 Å².